The molecular formula is C13H10N2O4. The average Bonchev–Trinajstić information content (AvgIpc) is 2.41. The van der Waals surface area contributed by atoms with Gasteiger partial charge in [-0.25, -0.2) is 14.6 Å². The maximum atomic E-state index is 11.8. The van der Waals surface area contributed by atoms with Gasteiger partial charge in [0.1, 0.15) is 5.75 Å². The fourth-order valence-corrected chi connectivity index (χ4v) is 1.39. The van der Waals surface area contributed by atoms with Gasteiger partial charge in [-0.15, -0.1) is 0 Å². The third kappa shape index (κ3) is 2.92. The van der Waals surface area contributed by atoms with Gasteiger partial charge in [-0.3, -0.25) is 4.98 Å². The number of hydrogen-bond donors (Lipinski definition) is 1. The number of hydrogen-bond acceptors (Lipinski definition) is 5. The van der Waals surface area contributed by atoms with Crippen molar-refractivity contribution in [1.29, 1.82) is 0 Å². The number of carboxylic acids is 1. The monoisotopic (exact) mass is 258 g/mol. The SMILES string of the molecule is Cc1ccccc1OC(=O)c1cncc(C(=O)O)n1. The smallest absolute Gasteiger partial charge is 0.363 e. The molecule has 2 aromatic rings. The number of carboxylic acid groups (broad SMARTS) is 1. The van der Waals surface area contributed by atoms with Crippen molar-refractivity contribution in [2.75, 3.05) is 0 Å². The van der Waals surface area contributed by atoms with Gasteiger partial charge in [0.15, 0.2) is 11.4 Å². The lowest BCUT2D eigenvalue weighted by Gasteiger charge is -2.06. The minimum absolute atomic E-state index is 0.150. The van der Waals surface area contributed by atoms with Crippen LogP contribution in [0.1, 0.15) is 26.5 Å². The fourth-order valence-electron chi connectivity index (χ4n) is 1.39. The molecule has 2 rings (SSSR count). The first-order valence-electron chi connectivity index (χ1n) is 5.41. The zero-order chi connectivity index (χ0) is 13.8. The Hall–Kier alpha value is -2.76. The van der Waals surface area contributed by atoms with Crippen molar-refractivity contribution < 1.29 is 19.4 Å². The van der Waals surface area contributed by atoms with Gasteiger partial charge in [0, 0.05) is 0 Å². The summed E-state index contributed by atoms with van der Waals surface area (Å²) < 4.78 is 5.13. The number of aryl methyl sites for hydroxylation is 1. The molecule has 0 bridgehead atoms. The highest BCUT2D eigenvalue weighted by Crippen LogP contribution is 2.17. The maximum absolute atomic E-state index is 11.8. The van der Waals surface area contributed by atoms with Crippen LogP contribution in [0.3, 0.4) is 0 Å². The Morgan fingerprint density at radius 3 is 2.53 bits per heavy atom. The molecule has 1 heterocycles. The molecule has 0 aliphatic heterocycles. The minimum Gasteiger partial charge on any atom is -0.476 e. The van der Waals surface area contributed by atoms with Gasteiger partial charge in [-0.2, -0.15) is 0 Å². The Bertz CT molecular complexity index is 640. The predicted molar refractivity (Wildman–Crippen MR) is 65.1 cm³/mol. The van der Waals surface area contributed by atoms with E-state index in [1.54, 1.807) is 25.1 Å². The van der Waals surface area contributed by atoms with E-state index in [1.807, 2.05) is 6.07 Å². The average molecular weight is 258 g/mol. The molecule has 6 heteroatoms. The summed E-state index contributed by atoms with van der Waals surface area (Å²) in [7, 11) is 0. The van der Waals surface area contributed by atoms with Crippen molar-refractivity contribution in [1.82, 2.24) is 9.97 Å². The molecule has 19 heavy (non-hydrogen) atoms. The quantitative estimate of drug-likeness (QED) is 0.665. The van der Waals surface area contributed by atoms with Gasteiger partial charge >= 0.3 is 11.9 Å². The molecule has 1 N–H and O–H groups in total. The van der Waals surface area contributed by atoms with E-state index in [0.717, 1.165) is 18.0 Å². The Morgan fingerprint density at radius 1 is 1.16 bits per heavy atom. The lowest BCUT2D eigenvalue weighted by atomic mass is 10.2. The number of ether oxygens (including phenoxy) is 1. The molecule has 0 aliphatic rings. The number of esters is 1. The molecule has 0 aliphatic carbocycles. The Morgan fingerprint density at radius 2 is 1.84 bits per heavy atom. The van der Waals surface area contributed by atoms with E-state index in [-0.39, 0.29) is 11.4 Å². The largest absolute Gasteiger partial charge is 0.476 e. The lowest BCUT2D eigenvalue weighted by molar-refractivity contribution is 0.0689. The highest BCUT2D eigenvalue weighted by atomic mass is 16.5. The van der Waals surface area contributed by atoms with Crippen LogP contribution in [0.4, 0.5) is 0 Å². The highest BCUT2D eigenvalue weighted by molar-refractivity contribution is 5.91. The maximum Gasteiger partial charge on any atom is 0.363 e. The molecule has 0 atom stereocenters. The second-order valence-corrected chi connectivity index (χ2v) is 3.75. The summed E-state index contributed by atoms with van der Waals surface area (Å²) in [4.78, 5) is 29.9. The van der Waals surface area contributed by atoms with Crippen LogP contribution >= 0.6 is 0 Å². The van der Waals surface area contributed by atoms with Crippen LogP contribution < -0.4 is 4.74 Å². The molecule has 0 fully saturated rings. The van der Waals surface area contributed by atoms with Crippen LogP contribution in [0.2, 0.25) is 0 Å². The number of benzene rings is 1. The first kappa shape index (κ1) is 12.7. The number of rotatable bonds is 3. The van der Waals surface area contributed by atoms with E-state index >= 15 is 0 Å². The van der Waals surface area contributed by atoms with Crippen molar-refractivity contribution in [2.24, 2.45) is 0 Å². The van der Waals surface area contributed by atoms with Crippen LogP contribution in [-0.2, 0) is 0 Å². The standard InChI is InChI=1S/C13H10N2O4/c1-8-4-2-3-5-11(8)19-13(18)10-7-14-6-9(15-10)12(16)17/h2-7H,1H3,(H,16,17). The summed E-state index contributed by atoms with van der Waals surface area (Å²) in [5.41, 5.74) is 0.334. The van der Waals surface area contributed by atoms with E-state index in [0.29, 0.717) is 5.75 Å². The minimum atomic E-state index is -1.25. The van der Waals surface area contributed by atoms with Gasteiger partial charge in [0.05, 0.1) is 12.4 Å². The lowest BCUT2D eigenvalue weighted by Crippen LogP contribution is -2.14. The molecule has 0 saturated heterocycles. The van der Waals surface area contributed by atoms with Gasteiger partial charge in [-0.1, -0.05) is 18.2 Å². The molecule has 0 radical (unpaired) electrons. The molecule has 0 spiro atoms. The Kier molecular flexibility index (Phi) is 3.51. The van der Waals surface area contributed by atoms with Crippen LogP contribution in [-0.4, -0.2) is 27.0 Å². The summed E-state index contributed by atoms with van der Waals surface area (Å²) in [5.74, 6) is -1.60. The summed E-state index contributed by atoms with van der Waals surface area (Å²) in [6, 6.07) is 6.98. The first-order valence-corrected chi connectivity index (χ1v) is 5.41. The molecule has 0 saturated carbocycles. The van der Waals surface area contributed by atoms with Crippen molar-refractivity contribution in [3.8, 4) is 5.75 Å². The fraction of sp³-hybridized carbons (Fsp3) is 0.0769. The zero-order valence-electron chi connectivity index (χ0n) is 10.0. The molecule has 0 unspecified atom stereocenters. The number of para-hydroxylation sites is 1. The summed E-state index contributed by atoms with van der Waals surface area (Å²) in [6.07, 6.45) is 2.22. The topological polar surface area (TPSA) is 89.4 Å². The number of aromatic carboxylic acids is 1. The van der Waals surface area contributed by atoms with E-state index < -0.39 is 11.9 Å². The summed E-state index contributed by atoms with van der Waals surface area (Å²) in [6.45, 7) is 1.79. The number of nitrogens with zero attached hydrogens (tertiary/aromatic N) is 2. The molecule has 1 aromatic heterocycles. The molecule has 96 valence electrons. The van der Waals surface area contributed by atoms with E-state index in [2.05, 4.69) is 9.97 Å². The van der Waals surface area contributed by atoms with Crippen LogP contribution in [0.25, 0.3) is 0 Å². The number of aromatic nitrogens is 2. The van der Waals surface area contributed by atoms with Crippen LogP contribution in [0, 0.1) is 6.92 Å². The van der Waals surface area contributed by atoms with Gasteiger partial charge < -0.3 is 9.84 Å². The normalized spacial score (nSPS) is 9.95. The second kappa shape index (κ2) is 5.26. The zero-order valence-corrected chi connectivity index (χ0v) is 10.0. The number of carbonyl (C=O) groups is 2. The van der Waals surface area contributed by atoms with Crippen molar-refractivity contribution in [3.05, 3.63) is 53.6 Å². The van der Waals surface area contributed by atoms with Crippen LogP contribution in [0.15, 0.2) is 36.7 Å². The predicted octanol–water partition coefficient (Wildman–Crippen LogP) is 1.70. The Labute approximate surface area is 108 Å². The van der Waals surface area contributed by atoms with E-state index in [1.165, 1.54) is 0 Å². The molecule has 6 nitrogen and oxygen atoms in total. The summed E-state index contributed by atoms with van der Waals surface area (Å²) in [5, 5.41) is 8.77. The van der Waals surface area contributed by atoms with Gasteiger partial charge in [0.25, 0.3) is 0 Å². The van der Waals surface area contributed by atoms with Crippen LogP contribution in [0.5, 0.6) is 5.75 Å². The third-order valence-electron chi connectivity index (χ3n) is 2.36. The van der Waals surface area contributed by atoms with Crippen molar-refractivity contribution in [3.63, 3.8) is 0 Å². The number of carbonyl (C=O) groups excluding carboxylic acids is 1. The highest BCUT2D eigenvalue weighted by Gasteiger charge is 2.15. The molecular weight excluding hydrogens is 248 g/mol. The Balaban J connectivity index is 2.23. The van der Waals surface area contributed by atoms with Crippen molar-refractivity contribution in [2.45, 2.75) is 6.92 Å². The van der Waals surface area contributed by atoms with E-state index in [4.69, 9.17) is 9.84 Å². The van der Waals surface area contributed by atoms with Gasteiger partial charge in [-0.05, 0) is 18.6 Å². The third-order valence-corrected chi connectivity index (χ3v) is 2.36. The van der Waals surface area contributed by atoms with E-state index in [9.17, 15) is 9.59 Å². The molecule has 1 aromatic carbocycles. The first-order chi connectivity index (χ1) is 9.08. The van der Waals surface area contributed by atoms with Gasteiger partial charge in [0.2, 0.25) is 0 Å². The molecule has 0 amide bonds. The second-order valence-electron chi connectivity index (χ2n) is 3.75. The van der Waals surface area contributed by atoms with Crippen molar-refractivity contribution >= 4 is 11.9 Å². The summed E-state index contributed by atoms with van der Waals surface area (Å²) >= 11 is 0.